The topological polar surface area (TPSA) is 96.7 Å². The Hall–Kier alpha value is -2.11. The molecule has 1 aromatic heterocycles. The van der Waals surface area contributed by atoms with Crippen LogP contribution in [0.1, 0.15) is 19.8 Å². The van der Waals surface area contributed by atoms with Gasteiger partial charge < -0.3 is 14.9 Å². The Bertz CT molecular complexity index is 390. The van der Waals surface area contributed by atoms with E-state index in [0.29, 0.717) is 6.42 Å². The number of hydrogen-bond donors (Lipinski definition) is 2. The van der Waals surface area contributed by atoms with Gasteiger partial charge in [-0.3, -0.25) is 0 Å². The van der Waals surface area contributed by atoms with E-state index in [1.165, 1.54) is 12.3 Å². The molecule has 92 valence electrons. The minimum Gasteiger partial charge on any atom is -0.478 e. The van der Waals surface area contributed by atoms with E-state index in [-0.39, 0.29) is 12.3 Å². The minimum absolute atomic E-state index is 0.0225. The van der Waals surface area contributed by atoms with Crippen molar-refractivity contribution in [3.05, 3.63) is 24.4 Å². The SMILES string of the molecule is CCCC(Oc1ccccn1)(C(=O)O)C(=O)O. The first-order chi connectivity index (χ1) is 8.03. The minimum atomic E-state index is -2.27. The summed E-state index contributed by atoms with van der Waals surface area (Å²) in [5, 5.41) is 18.1. The van der Waals surface area contributed by atoms with Crippen LogP contribution in [-0.2, 0) is 9.59 Å². The zero-order valence-corrected chi connectivity index (χ0v) is 9.29. The number of aliphatic carboxylic acids is 2. The molecule has 2 N–H and O–H groups in total. The van der Waals surface area contributed by atoms with Crippen molar-refractivity contribution in [2.24, 2.45) is 0 Å². The highest BCUT2D eigenvalue weighted by atomic mass is 16.6. The van der Waals surface area contributed by atoms with Crippen molar-refractivity contribution in [1.29, 1.82) is 0 Å². The lowest BCUT2D eigenvalue weighted by atomic mass is 9.98. The largest absolute Gasteiger partial charge is 0.478 e. The van der Waals surface area contributed by atoms with Gasteiger partial charge in [-0.25, -0.2) is 14.6 Å². The van der Waals surface area contributed by atoms with Gasteiger partial charge in [-0.05, 0) is 6.07 Å². The van der Waals surface area contributed by atoms with Gasteiger partial charge in [0.15, 0.2) is 0 Å². The molecule has 1 rings (SSSR count). The Morgan fingerprint density at radius 1 is 1.35 bits per heavy atom. The van der Waals surface area contributed by atoms with E-state index in [0.717, 1.165) is 0 Å². The molecule has 0 saturated heterocycles. The van der Waals surface area contributed by atoms with Crippen LogP contribution in [0.4, 0.5) is 0 Å². The van der Waals surface area contributed by atoms with Crippen molar-refractivity contribution in [3.63, 3.8) is 0 Å². The van der Waals surface area contributed by atoms with Crippen molar-refractivity contribution in [2.75, 3.05) is 0 Å². The predicted octanol–water partition coefficient (Wildman–Crippen LogP) is 1.17. The second kappa shape index (κ2) is 5.29. The summed E-state index contributed by atoms with van der Waals surface area (Å²) in [5.41, 5.74) is -2.27. The van der Waals surface area contributed by atoms with Gasteiger partial charge in [-0.15, -0.1) is 0 Å². The van der Waals surface area contributed by atoms with Gasteiger partial charge >= 0.3 is 17.5 Å². The average Bonchev–Trinajstić information content (AvgIpc) is 2.29. The highest BCUT2D eigenvalue weighted by Crippen LogP contribution is 2.22. The standard InChI is InChI=1S/C11H13NO5/c1-2-6-11(9(13)14,10(15)16)17-8-5-3-4-7-12-8/h3-5,7H,2,6H2,1H3,(H,13,14)(H,15,16). The fourth-order valence-corrected chi connectivity index (χ4v) is 1.38. The predicted molar refractivity (Wildman–Crippen MR) is 57.8 cm³/mol. The van der Waals surface area contributed by atoms with E-state index in [9.17, 15) is 9.59 Å². The lowest BCUT2D eigenvalue weighted by Gasteiger charge is -2.24. The molecular formula is C11H13NO5. The van der Waals surface area contributed by atoms with E-state index in [2.05, 4.69) is 4.98 Å². The van der Waals surface area contributed by atoms with Gasteiger partial charge in [0, 0.05) is 18.7 Å². The molecule has 0 aliphatic rings. The van der Waals surface area contributed by atoms with E-state index in [1.54, 1.807) is 19.1 Å². The molecule has 1 heterocycles. The summed E-state index contributed by atoms with van der Waals surface area (Å²) in [6.07, 6.45) is 1.63. The maximum absolute atomic E-state index is 11.1. The number of ether oxygens (including phenoxy) is 1. The molecule has 0 aliphatic carbocycles. The van der Waals surface area contributed by atoms with E-state index < -0.39 is 17.5 Å². The lowest BCUT2D eigenvalue weighted by molar-refractivity contribution is -0.173. The van der Waals surface area contributed by atoms with Gasteiger partial charge in [0.1, 0.15) is 0 Å². The van der Waals surface area contributed by atoms with Crippen LogP contribution in [0, 0.1) is 0 Å². The van der Waals surface area contributed by atoms with Crippen LogP contribution in [0.15, 0.2) is 24.4 Å². The first-order valence-electron chi connectivity index (χ1n) is 5.09. The molecule has 0 fully saturated rings. The molecule has 0 spiro atoms. The Labute approximate surface area is 97.9 Å². The number of rotatable bonds is 6. The molecule has 0 atom stereocenters. The third kappa shape index (κ3) is 2.72. The van der Waals surface area contributed by atoms with Crippen LogP contribution < -0.4 is 4.74 Å². The zero-order chi connectivity index (χ0) is 12.9. The number of aromatic nitrogens is 1. The molecule has 0 saturated carbocycles. The summed E-state index contributed by atoms with van der Waals surface area (Å²) in [5.74, 6) is -3.08. The van der Waals surface area contributed by atoms with Crippen molar-refractivity contribution in [3.8, 4) is 5.88 Å². The summed E-state index contributed by atoms with van der Waals surface area (Å²) in [4.78, 5) is 26.0. The second-order valence-corrected chi connectivity index (χ2v) is 3.46. The normalized spacial score (nSPS) is 10.9. The number of nitrogens with zero attached hydrogens (tertiary/aromatic N) is 1. The number of carboxylic acids is 2. The van der Waals surface area contributed by atoms with Crippen LogP contribution in [0.2, 0.25) is 0 Å². The third-order valence-electron chi connectivity index (χ3n) is 2.21. The molecule has 0 radical (unpaired) electrons. The van der Waals surface area contributed by atoms with Gasteiger partial charge in [-0.2, -0.15) is 0 Å². The summed E-state index contributed by atoms with van der Waals surface area (Å²) < 4.78 is 5.06. The summed E-state index contributed by atoms with van der Waals surface area (Å²) in [6.45, 7) is 1.68. The molecule has 0 unspecified atom stereocenters. The summed E-state index contributed by atoms with van der Waals surface area (Å²) in [7, 11) is 0. The maximum Gasteiger partial charge on any atom is 0.360 e. The van der Waals surface area contributed by atoms with Crippen molar-refractivity contribution in [1.82, 2.24) is 4.98 Å². The first kappa shape index (κ1) is 13.0. The molecule has 0 amide bonds. The number of pyridine rings is 1. The summed E-state index contributed by atoms with van der Waals surface area (Å²) >= 11 is 0. The highest BCUT2D eigenvalue weighted by molar-refractivity contribution is 6.02. The summed E-state index contributed by atoms with van der Waals surface area (Å²) in [6, 6.07) is 4.62. The van der Waals surface area contributed by atoms with Crippen molar-refractivity contribution < 1.29 is 24.5 Å². The number of carbonyl (C=O) groups is 2. The van der Waals surface area contributed by atoms with Crippen LogP contribution in [0.25, 0.3) is 0 Å². The van der Waals surface area contributed by atoms with E-state index >= 15 is 0 Å². The smallest absolute Gasteiger partial charge is 0.360 e. The van der Waals surface area contributed by atoms with Gasteiger partial charge in [0.2, 0.25) is 5.88 Å². The van der Waals surface area contributed by atoms with Crippen LogP contribution in [0.5, 0.6) is 5.88 Å². The van der Waals surface area contributed by atoms with E-state index in [4.69, 9.17) is 14.9 Å². The second-order valence-electron chi connectivity index (χ2n) is 3.46. The Balaban J connectivity index is 3.06. The van der Waals surface area contributed by atoms with Gasteiger partial charge in [0.05, 0.1) is 0 Å². The molecular weight excluding hydrogens is 226 g/mol. The number of carboxylic acid groups (broad SMARTS) is 2. The fraction of sp³-hybridized carbons (Fsp3) is 0.364. The third-order valence-corrected chi connectivity index (χ3v) is 2.21. The molecule has 0 aromatic carbocycles. The van der Waals surface area contributed by atoms with Gasteiger partial charge in [0.25, 0.3) is 0 Å². The Kier molecular flexibility index (Phi) is 4.03. The first-order valence-corrected chi connectivity index (χ1v) is 5.09. The van der Waals surface area contributed by atoms with Crippen LogP contribution in [0.3, 0.4) is 0 Å². The average molecular weight is 239 g/mol. The molecule has 0 aliphatic heterocycles. The quantitative estimate of drug-likeness (QED) is 0.723. The van der Waals surface area contributed by atoms with Crippen molar-refractivity contribution >= 4 is 11.9 Å². The van der Waals surface area contributed by atoms with E-state index in [1.807, 2.05) is 0 Å². The number of hydrogen-bond acceptors (Lipinski definition) is 4. The molecule has 6 nitrogen and oxygen atoms in total. The lowest BCUT2D eigenvalue weighted by Crippen LogP contribution is -2.52. The molecule has 1 aromatic rings. The Morgan fingerprint density at radius 3 is 2.41 bits per heavy atom. The van der Waals surface area contributed by atoms with Gasteiger partial charge in [-0.1, -0.05) is 19.4 Å². The zero-order valence-electron chi connectivity index (χ0n) is 9.29. The maximum atomic E-state index is 11.1. The highest BCUT2D eigenvalue weighted by Gasteiger charge is 2.49. The van der Waals surface area contributed by atoms with Crippen LogP contribution >= 0.6 is 0 Å². The molecule has 0 bridgehead atoms. The molecule has 17 heavy (non-hydrogen) atoms. The monoisotopic (exact) mass is 239 g/mol. The van der Waals surface area contributed by atoms with Crippen LogP contribution in [-0.4, -0.2) is 32.7 Å². The molecule has 6 heteroatoms. The van der Waals surface area contributed by atoms with Crippen molar-refractivity contribution in [2.45, 2.75) is 25.4 Å². The fourth-order valence-electron chi connectivity index (χ4n) is 1.38. The Morgan fingerprint density at radius 2 is 2.00 bits per heavy atom.